The molecule has 0 bridgehead atoms. The van der Waals surface area contributed by atoms with Crippen LogP contribution in [0, 0.1) is 0 Å². The van der Waals surface area contributed by atoms with Gasteiger partial charge >= 0.3 is 6.36 Å². The number of halogens is 3. The third-order valence-electron chi connectivity index (χ3n) is 4.56. The highest BCUT2D eigenvalue weighted by Crippen LogP contribution is 2.27. The topological polar surface area (TPSA) is 79.4 Å². The van der Waals surface area contributed by atoms with Crippen LogP contribution >= 0.6 is 0 Å². The number of rotatable bonds is 7. The second-order valence-electron chi connectivity index (χ2n) is 6.96. The molecule has 0 aliphatic heterocycles. The molecular formula is C23H18F3N3O4. The maximum absolute atomic E-state index is 12.3. The third kappa shape index (κ3) is 5.59. The molecule has 4 aromatic rings. The summed E-state index contributed by atoms with van der Waals surface area (Å²) < 4.78 is 53.1. The van der Waals surface area contributed by atoms with Crippen molar-refractivity contribution in [1.29, 1.82) is 0 Å². The van der Waals surface area contributed by atoms with Gasteiger partial charge in [-0.1, -0.05) is 17.3 Å². The Bertz CT molecular complexity index is 1300. The van der Waals surface area contributed by atoms with Crippen molar-refractivity contribution in [2.24, 2.45) is 0 Å². The number of nitrogens with zero attached hydrogens (tertiary/aromatic N) is 3. The van der Waals surface area contributed by atoms with Crippen LogP contribution in [0.2, 0.25) is 0 Å². The van der Waals surface area contributed by atoms with E-state index >= 15 is 0 Å². The number of benzene rings is 2. The molecule has 2 aromatic heterocycles. The Balaban J connectivity index is 1.55. The van der Waals surface area contributed by atoms with Gasteiger partial charge in [-0.3, -0.25) is 4.79 Å². The molecular weight excluding hydrogens is 439 g/mol. The van der Waals surface area contributed by atoms with Crippen LogP contribution in [-0.2, 0) is 6.54 Å². The van der Waals surface area contributed by atoms with Gasteiger partial charge in [-0.15, -0.1) is 13.2 Å². The van der Waals surface area contributed by atoms with Gasteiger partial charge in [0.1, 0.15) is 11.5 Å². The smallest absolute Gasteiger partial charge is 0.494 e. The Morgan fingerprint density at radius 1 is 1.00 bits per heavy atom. The second kappa shape index (κ2) is 9.19. The first-order chi connectivity index (χ1) is 15.8. The number of pyridine rings is 1. The Morgan fingerprint density at radius 3 is 2.48 bits per heavy atom. The lowest BCUT2D eigenvalue weighted by molar-refractivity contribution is -0.274. The number of aromatic nitrogens is 3. The van der Waals surface area contributed by atoms with E-state index in [4.69, 9.17) is 9.26 Å². The first-order valence-electron chi connectivity index (χ1n) is 9.93. The molecule has 0 unspecified atom stereocenters. The summed E-state index contributed by atoms with van der Waals surface area (Å²) in [6, 6.07) is 15.5. The summed E-state index contributed by atoms with van der Waals surface area (Å²) in [6.45, 7) is 2.75. The minimum atomic E-state index is -4.77. The molecule has 33 heavy (non-hydrogen) atoms. The van der Waals surface area contributed by atoms with Gasteiger partial charge in [0.15, 0.2) is 0 Å². The zero-order chi connectivity index (χ0) is 23.4. The van der Waals surface area contributed by atoms with Gasteiger partial charge in [-0.05, 0) is 55.0 Å². The average Bonchev–Trinajstić information content (AvgIpc) is 3.26. The fourth-order valence-corrected chi connectivity index (χ4v) is 3.14. The van der Waals surface area contributed by atoms with E-state index < -0.39 is 6.36 Å². The van der Waals surface area contributed by atoms with Crippen LogP contribution in [-0.4, -0.2) is 27.7 Å². The van der Waals surface area contributed by atoms with Crippen molar-refractivity contribution in [3.8, 4) is 34.3 Å². The van der Waals surface area contributed by atoms with Crippen LogP contribution < -0.4 is 15.0 Å². The van der Waals surface area contributed by atoms with Gasteiger partial charge in [0, 0.05) is 17.8 Å². The first kappa shape index (κ1) is 22.1. The molecule has 0 aliphatic rings. The van der Waals surface area contributed by atoms with Gasteiger partial charge in [0.25, 0.3) is 11.4 Å². The molecule has 0 aliphatic carbocycles. The zero-order valence-electron chi connectivity index (χ0n) is 17.4. The second-order valence-corrected chi connectivity index (χ2v) is 6.96. The highest BCUT2D eigenvalue weighted by atomic mass is 19.4. The minimum absolute atomic E-state index is 0.164. The summed E-state index contributed by atoms with van der Waals surface area (Å²) in [4.78, 5) is 16.6. The monoisotopic (exact) mass is 457 g/mol. The zero-order valence-corrected chi connectivity index (χ0v) is 17.4. The molecule has 7 nitrogen and oxygen atoms in total. The minimum Gasteiger partial charge on any atom is -0.494 e. The molecule has 0 spiro atoms. The van der Waals surface area contributed by atoms with Crippen LogP contribution in [0.4, 0.5) is 13.2 Å². The van der Waals surface area contributed by atoms with E-state index in [1.54, 1.807) is 12.3 Å². The Morgan fingerprint density at radius 2 is 1.76 bits per heavy atom. The molecule has 10 heteroatoms. The van der Waals surface area contributed by atoms with Crippen molar-refractivity contribution in [2.75, 3.05) is 6.61 Å². The number of hydrogen-bond donors (Lipinski definition) is 0. The Hall–Kier alpha value is -4.08. The molecule has 4 rings (SSSR count). The Kier molecular flexibility index (Phi) is 6.16. The van der Waals surface area contributed by atoms with Crippen molar-refractivity contribution in [1.82, 2.24) is 14.7 Å². The number of ether oxygens (including phenoxy) is 2. The quantitative estimate of drug-likeness (QED) is 0.392. The standard InChI is InChI=1S/C23H18F3N3O4/c1-2-31-19-5-3-4-15(12-19)13-29-14-17(8-11-20(29)30)22-27-21(28-33-22)16-6-9-18(10-7-16)32-23(24,25)26/h3-12,14H,2,13H2,1H3. The van der Waals surface area contributed by atoms with Crippen LogP contribution in [0.15, 0.2) is 76.2 Å². The van der Waals surface area contributed by atoms with Crippen molar-refractivity contribution in [3.05, 3.63) is 82.8 Å². The normalized spacial score (nSPS) is 11.4. The fourth-order valence-electron chi connectivity index (χ4n) is 3.14. The third-order valence-corrected chi connectivity index (χ3v) is 4.56. The predicted molar refractivity (Wildman–Crippen MR) is 113 cm³/mol. The lowest BCUT2D eigenvalue weighted by Crippen LogP contribution is -2.19. The van der Waals surface area contributed by atoms with E-state index in [1.165, 1.54) is 22.8 Å². The molecule has 0 amide bonds. The van der Waals surface area contributed by atoms with E-state index in [1.807, 2.05) is 31.2 Å². The van der Waals surface area contributed by atoms with Gasteiger partial charge in [0.2, 0.25) is 5.82 Å². The first-order valence-corrected chi connectivity index (χ1v) is 9.93. The van der Waals surface area contributed by atoms with E-state index in [0.717, 1.165) is 17.7 Å². The molecule has 0 radical (unpaired) electrons. The van der Waals surface area contributed by atoms with Crippen LogP contribution in [0.5, 0.6) is 11.5 Å². The summed E-state index contributed by atoms with van der Waals surface area (Å²) in [7, 11) is 0. The van der Waals surface area contributed by atoms with Gasteiger partial charge in [0.05, 0.1) is 18.7 Å². The number of hydrogen-bond acceptors (Lipinski definition) is 6. The highest BCUT2D eigenvalue weighted by Gasteiger charge is 2.31. The molecule has 0 saturated carbocycles. The largest absolute Gasteiger partial charge is 0.573 e. The van der Waals surface area contributed by atoms with E-state index in [-0.39, 0.29) is 23.0 Å². The maximum Gasteiger partial charge on any atom is 0.573 e. The highest BCUT2D eigenvalue weighted by molar-refractivity contribution is 5.60. The molecule has 0 atom stereocenters. The lowest BCUT2D eigenvalue weighted by Gasteiger charge is -2.09. The van der Waals surface area contributed by atoms with Crippen LogP contribution in [0.1, 0.15) is 12.5 Å². The molecule has 0 fully saturated rings. The summed E-state index contributed by atoms with van der Waals surface area (Å²) in [5, 5.41) is 3.88. The molecule has 0 saturated heterocycles. The summed E-state index contributed by atoms with van der Waals surface area (Å²) in [5.41, 5.74) is 1.64. The SMILES string of the molecule is CCOc1cccc(Cn2cc(-c3nc(-c4ccc(OC(F)(F)F)cc4)no3)ccc2=O)c1. The van der Waals surface area contributed by atoms with Crippen molar-refractivity contribution in [2.45, 2.75) is 19.8 Å². The van der Waals surface area contributed by atoms with E-state index in [9.17, 15) is 18.0 Å². The summed E-state index contributed by atoms with van der Waals surface area (Å²) >= 11 is 0. The van der Waals surface area contributed by atoms with Crippen molar-refractivity contribution in [3.63, 3.8) is 0 Å². The predicted octanol–water partition coefficient (Wildman–Crippen LogP) is 4.91. The van der Waals surface area contributed by atoms with Crippen LogP contribution in [0.25, 0.3) is 22.8 Å². The summed E-state index contributed by atoms with van der Waals surface area (Å²) in [5.74, 6) is 0.714. The van der Waals surface area contributed by atoms with E-state index in [0.29, 0.717) is 30.0 Å². The van der Waals surface area contributed by atoms with Crippen molar-refractivity contribution >= 4 is 0 Å². The molecule has 2 heterocycles. The molecule has 170 valence electrons. The molecule has 2 aromatic carbocycles. The number of alkyl halides is 3. The Labute approximate surface area is 186 Å². The summed E-state index contributed by atoms with van der Waals surface area (Å²) in [6.07, 6.45) is -3.17. The van der Waals surface area contributed by atoms with E-state index in [2.05, 4.69) is 14.9 Å². The fraction of sp³-hybridized carbons (Fsp3) is 0.174. The lowest BCUT2D eigenvalue weighted by atomic mass is 10.2. The molecule has 0 N–H and O–H groups in total. The maximum atomic E-state index is 12.3. The van der Waals surface area contributed by atoms with Crippen molar-refractivity contribution < 1.29 is 27.2 Å². The average molecular weight is 457 g/mol. The van der Waals surface area contributed by atoms with Gasteiger partial charge in [-0.25, -0.2) is 0 Å². The van der Waals surface area contributed by atoms with Gasteiger partial charge in [-0.2, -0.15) is 4.98 Å². The van der Waals surface area contributed by atoms with Crippen LogP contribution in [0.3, 0.4) is 0 Å². The van der Waals surface area contributed by atoms with Gasteiger partial charge < -0.3 is 18.6 Å².